The highest BCUT2D eigenvalue weighted by Crippen LogP contribution is 2.19. The van der Waals surface area contributed by atoms with Crippen molar-refractivity contribution < 1.29 is 4.39 Å². The summed E-state index contributed by atoms with van der Waals surface area (Å²) in [5, 5.41) is 3.49. The quantitative estimate of drug-likeness (QED) is 0.916. The molecule has 16 heavy (non-hydrogen) atoms. The topological polar surface area (TPSA) is 12.0 Å². The van der Waals surface area contributed by atoms with Gasteiger partial charge in [0.15, 0.2) is 0 Å². The number of rotatable bonds is 3. The molecule has 0 spiro atoms. The summed E-state index contributed by atoms with van der Waals surface area (Å²) >= 11 is 5.18. The molecule has 1 aromatic carbocycles. The van der Waals surface area contributed by atoms with Crippen LogP contribution in [-0.4, -0.2) is 17.5 Å². The van der Waals surface area contributed by atoms with Gasteiger partial charge in [-0.1, -0.05) is 6.07 Å². The van der Waals surface area contributed by atoms with Crippen LogP contribution in [0, 0.1) is 5.82 Å². The largest absolute Gasteiger partial charge is 0.310 e. The summed E-state index contributed by atoms with van der Waals surface area (Å²) in [7, 11) is 0. The summed E-state index contributed by atoms with van der Waals surface area (Å²) in [6.07, 6.45) is 2.45. The van der Waals surface area contributed by atoms with Crippen LogP contribution < -0.4 is 5.32 Å². The lowest BCUT2D eigenvalue weighted by molar-refractivity contribution is 0.481. The Morgan fingerprint density at radius 3 is 2.81 bits per heavy atom. The summed E-state index contributed by atoms with van der Waals surface area (Å²) in [5.74, 6) is 2.30. The van der Waals surface area contributed by atoms with E-state index in [1.807, 2.05) is 17.8 Å². The Morgan fingerprint density at radius 2 is 2.12 bits per heavy atom. The molecule has 0 aromatic heterocycles. The molecule has 1 aromatic rings. The first-order valence-electron chi connectivity index (χ1n) is 5.51. The predicted octanol–water partition coefficient (Wildman–Crippen LogP) is 3.57. The van der Waals surface area contributed by atoms with Crippen LogP contribution in [0.15, 0.2) is 22.7 Å². The highest BCUT2D eigenvalue weighted by Gasteiger charge is 2.12. The van der Waals surface area contributed by atoms with Crippen LogP contribution in [-0.2, 0) is 6.54 Å². The van der Waals surface area contributed by atoms with E-state index in [2.05, 4.69) is 21.2 Å². The number of nitrogens with one attached hydrogen (secondary N) is 1. The van der Waals surface area contributed by atoms with Crippen molar-refractivity contribution in [1.29, 1.82) is 0 Å². The van der Waals surface area contributed by atoms with E-state index in [1.54, 1.807) is 12.1 Å². The summed E-state index contributed by atoms with van der Waals surface area (Å²) in [6.45, 7) is 0.763. The SMILES string of the molecule is Fc1cc(CNC2CCSCC2)ccc1Br. The third-order valence-electron chi connectivity index (χ3n) is 2.80. The van der Waals surface area contributed by atoms with E-state index in [9.17, 15) is 4.39 Å². The van der Waals surface area contributed by atoms with Crippen molar-refractivity contribution in [2.75, 3.05) is 11.5 Å². The van der Waals surface area contributed by atoms with Crippen LogP contribution in [0.3, 0.4) is 0 Å². The molecule has 1 aliphatic heterocycles. The van der Waals surface area contributed by atoms with E-state index in [0.29, 0.717) is 10.5 Å². The number of thioether (sulfide) groups is 1. The molecule has 0 amide bonds. The van der Waals surface area contributed by atoms with Gasteiger partial charge >= 0.3 is 0 Å². The van der Waals surface area contributed by atoms with Crippen LogP contribution in [0.5, 0.6) is 0 Å². The molecular weight excluding hydrogens is 289 g/mol. The van der Waals surface area contributed by atoms with Crippen molar-refractivity contribution in [3.8, 4) is 0 Å². The van der Waals surface area contributed by atoms with E-state index in [0.717, 1.165) is 12.1 Å². The molecule has 1 aliphatic rings. The number of hydrogen-bond donors (Lipinski definition) is 1. The maximum atomic E-state index is 13.3. The highest BCUT2D eigenvalue weighted by atomic mass is 79.9. The molecule has 1 heterocycles. The zero-order valence-corrected chi connectivity index (χ0v) is 11.4. The molecule has 88 valence electrons. The first kappa shape index (κ1) is 12.4. The fourth-order valence-corrected chi connectivity index (χ4v) is 3.17. The molecule has 1 nitrogen and oxygen atoms in total. The van der Waals surface area contributed by atoms with Crippen LogP contribution in [0.1, 0.15) is 18.4 Å². The molecule has 0 aliphatic carbocycles. The molecule has 1 saturated heterocycles. The van der Waals surface area contributed by atoms with Crippen LogP contribution in [0.2, 0.25) is 0 Å². The van der Waals surface area contributed by atoms with Gasteiger partial charge in [-0.15, -0.1) is 0 Å². The lowest BCUT2D eigenvalue weighted by atomic mass is 10.1. The minimum absolute atomic E-state index is 0.182. The van der Waals surface area contributed by atoms with Crippen LogP contribution in [0.25, 0.3) is 0 Å². The molecule has 1 fully saturated rings. The van der Waals surface area contributed by atoms with Gasteiger partial charge in [-0.3, -0.25) is 0 Å². The number of halogens is 2. The Morgan fingerprint density at radius 1 is 1.38 bits per heavy atom. The summed E-state index contributed by atoms with van der Waals surface area (Å²) in [6, 6.07) is 5.92. The van der Waals surface area contributed by atoms with E-state index >= 15 is 0 Å². The van der Waals surface area contributed by atoms with Crippen LogP contribution >= 0.6 is 27.7 Å². The predicted molar refractivity (Wildman–Crippen MR) is 71.3 cm³/mol. The average molecular weight is 304 g/mol. The minimum atomic E-state index is -0.182. The second-order valence-electron chi connectivity index (χ2n) is 4.02. The Hall–Kier alpha value is -0.0600. The lowest BCUT2D eigenvalue weighted by Gasteiger charge is -2.22. The van der Waals surface area contributed by atoms with E-state index in [-0.39, 0.29) is 5.82 Å². The average Bonchev–Trinajstić information content (AvgIpc) is 2.32. The van der Waals surface area contributed by atoms with Crippen molar-refractivity contribution in [2.45, 2.75) is 25.4 Å². The Balaban J connectivity index is 1.86. The third kappa shape index (κ3) is 3.47. The lowest BCUT2D eigenvalue weighted by Crippen LogP contribution is -2.32. The zero-order valence-electron chi connectivity index (χ0n) is 9.01. The molecule has 1 N–H and O–H groups in total. The molecular formula is C12H15BrFNS. The molecule has 0 radical (unpaired) electrons. The van der Waals surface area contributed by atoms with Gasteiger partial charge in [-0.2, -0.15) is 11.8 Å². The zero-order chi connectivity index (χ0) is 11.4. The molecule has 0 atom stereocenters. The number of hydrogen-bond acceptors (Lipinski definition) is 2. The smallest absolute Gasteiger partial charge is 0.137 e. The van der Waals surface area contributed by atoms with Gasteiger partial charge in [0.05, 0.1) is 4.47 Å². The van der Waals surface area contributed by atoms with Gasteiger partial charge in [-0.05, 0) is 58.0 Å². The molecule has 4 heteroatoms. The number of benzene rings is 1. The van der Waals surface area contributed by atoms with Crippen molar-refractivity contribution in [3.05, 3.63) is 34.1 Å². The normalized spacial score (nSPS) is 17.6. The Bertz CT molecular complexity index is 353. The first-order valence-corrected chi connectivity index (χ1v) is 7.45. The Kier molecular flexibility index (Phi) is 4.67. The fraction of sp³-hybridized carbons (Fsp3) is 0.500. The molecule has 0 saturated carbocycles. The highest BCUT2D eigenvalue weighted by molar-refractivity contribution is 9.10. The van der Waals surface area contributed by atoms with Crippen molar-refractivity contribution in [3.63, 3.8) is 0 Å². The summed E-state index contributed by atoms with van der Waals surface area (Å²) < 4.78 is 13.8. The second kappa shape index (κ2) is 6.03. The second-order valence-corrected chi connectivity index (χ2v) is 6.10. The Labute approximate surface area is 108 Å². The standard InChI is InChI=1S/C12H15BrFNS/c13-11-2-1-9(7-12(11)14)8-15-10-3-5-16-6-4-10/h1-2,7,10,15H,3-6,8H2. The molecule has 0 unspecified atom stereocenters. The third-order valence-corrected chi connectivity index (χ3v) is 4.49. The summed E-state index contributed by atoms with van der Waals surface area (Å²) in [4.78, 5) is 0. The maximum Gasteiger partial charge on any atom is 0.137 e. The van der Waals surface area contributed by atoms with Gasteiger partial charge in [0.1, 0.15) is 5.82 Å². The van der Waals surface area contributed by atoms with Gasteiger partial charge in [-0.25, -0.2) is 4.39 Å². The van der Waals surface area contributed by atoms with Gasteiger partial charge < -0.3 is 5.32 Å². The molecule has 0 bridgehead atoms. The molecule has 2 rings (SSSR count). The van der Waals surface area contributed by atoms with Gasteiger partial charge in [0.2, 0.25) is 0 Å². The fourth-order valence-electron chi connectivity index (χ4n) is 1.81. The first-order chi connectivity index (χ1) is 7.75. The van der Waals surface area contributed by atoms with Crippen molar-refractivity contribution >= 4 is 27.7 Å². The monoisotopic (exact) mass is 303 g/mol. The maximum absolute atomic E-state index is 13.3. The van der Waals surface area contributed by atoms with Crippen LogP contribution in [0.4, 0.5) is 4.39 Å². The van der Waals surface area contributed by atoms with E-state index in [4.69, 9.17) is 0 Å². The van der Waals surface area contributed by atoms with Crippen molar-refractivity contribution in [2.24, 2.45) is 0 Å². The van der Waals surface area contributed by atoms with Crippen molar-refractivity contribution in [1.82, 2.24) is 5.32 Å². The van der Waals surface area contributed by atoms with Gasteiger partial charge in [0, 0.05) is 12.6 Å². The van der Waals surface area contributed by atoms with E-state index in [1.165, 1.54) is 24.3 Å². The summed E-state index contributed by atoms with van der Waals surface area (Å²) in [5.41, 5.74) is 1.01. The van der Waals surface area contributed by atoms with E-state index < -0.39 is 0 Å². The van der Waals surface area contributed by atoms with Gasteiger partial charge in [0.25, 0.3) is 0 Å². The minimum Gasteiger partial charge on any atom is -0.310 e.